The van der Waals surface area contributed by atoms with Crippen molar-refractivity contribution in [1.82, 2.24) is 25.8 Å². The van der Waals surface area contributed by atoms with Crippen molar-refractivity contribution in [3.63, 3.8) is 0 Å². The molecule has 0 radical (unpaired) electrons. The smallest absolute Gasteiger partial charge is 0.416 e. The van der Waals surface area contributed by atoms with Crippen LogP contribution in [0.4, 0.5) is 26.3 Å². The number of halogens is 7. The van der Waals surface area contributed by atoms with E-state index in [1.807, 2.05) is 36.6 Å². The predicted octanol–water partition coefficient (Wildman–Crippen LogP) is 6.73. The molecule has 1 fully saturated rings. The lowest BCUT2D eigenvalue weighted by atomic mass is 10.0. The van der Waals surface area contributed by atoms with Crippen LogP contribution < -0.4 is 21.7 Å². The van der Waals surface area contributed by atoms with Crippen molar-refractivity contribution in [3.8, 4) is 0 Å². The minimum atomic E-state index is -5.13. The second kappa shape index (κ2) is 23.3. The highest BCUT2D eigenvalue weighted by Crippen LogP contribution is 2.36. The van der Waals surface area contributed by atoms with Crippen LogP contribution in [-0.2, 0) is 60.5 Å². The number of amides is 4. The summed E-state index contributed by atoms with van der Waals surface area (Å²) in [6.07, 6.45) is -5.75. The first-order valence-corrected chi connectivity index (χ1v) is 22.1. The third-order valence-electron chi connectivity index (χ3n) is 10.8. The molecule has 4 amide bonds. The molecule has 1 aliphatic rings. The Morgan fingerprint density at radius 2 is 1.46 bits per heavy atom. The minimum absolute atomic E-state index is 0. The molecule has 3 aromatic carbocycles. The maximum atomic E-state index is 14.1. The van der Waals surface area contributed by atoms with Crippen molar-refractivity contribution < 1.29 is 55.1 Å². The van der Waals surface area contributed by atoms with Gasteiger partial charge < -0.3 is 36.3 Å². The van der Waals surface area contributed by atoms with Crippen LogP contribution in [0.1, 0.15) is 67.3 Å². The fraction of sp³-hybridized carbons (Fsp3) is 0.444. The van der Waals surface area contributed by atoms with Gasteiger partial charge in [-0.2, -0.15) is 38.1 Å². The van der Waals surface area contributed by atoms with Crippen LogP contribution in [0.15, 0.2) is 79.0 Å². The molecule has 0 aliphatic carbocycles. The average Bonchev–Trinajstić information content (AvgIpc) is 3.91. The van der Waals surface area contributed by atoms with Crippen LogP contribution >= 0.6 is 24.2 Å². The largest absolute Gasteiger partial charge is 0.459 e. The molecule has 0 unspecified atom stereocenters. The van der Waals surface area contributed by atoms with Crippen LogP contribution in [0.25, 0.3) is 10.9 Å². The number of nitrogens with one attached hydrogen (secondary N) is 4. The first-order chi connectivity index (χ1) is 30.2. The number of likely N-dealkylation sites (tertiary alicyclic amines) is 1. The van der Waals surface area contributed by atoms with E-state index in [4.69, 9.17) is 10.5 Å². The molecule has 1 saturated heterocycles. The summed E-state index contributed by atoms with van der Waals surface area (Å²) < 4.78 is 86.8. The van der Waals surface area contributed by atoms with Gasteiger partial charge in [0.05, 0.1) is 17.2 Å². The lowest BCUT2D eigenvalue weighted by Gasteiger charge is -2.31. The summed E-state index contributed by atoms with van der Waals surface area (Å²) in [6, 6.07) is 11.3. The van der Waals surface area contributed by atoms with E-state index in [2.05, 4.69) is 20.9 Å². The lowest BCUT2D eigenvalue weighted by Crippen LogP contribution is -2.58. The Morgan fingerprint density at radius 1 is 0.831 bits per heavy atom. The van der Waals surface area contributed by atoms with E-state index in [1.54, 1.807) is 44.3 Å². The van der Waals surface area contributed by atoms with Gasteiger partial charge in [-0.15, -0.1) is 12.4 Å². The zero-order chi connectivity index (χ0) is 46.8. The van der Waals surface area contributed by atoms with Gasteiger partial charge in [-0.1, -0.05) is 62.4 Å². The maximum absolute atomic E-state index is 14.1. The van der Waals surface area contributed by atoms with Gasteiger partial charge in [-0.3, -0.25) is 19.2 Å². The Kier molecular flexibility index (Phi) is 18.7. The molecule has 4 aromatic rings. The Labute approximate surface area is 382 Å². The third-order valence-corrected chi connectivity index (χ3v) is 11.4. The number of rotatable bonds is 19. The summed E-state index contributed by atoms with van der Waals surface area (Å²) in [5, 5.41) is 8.81. The number of benzene rings is 3. The van der Waals surface area contributed by atoms with Crippen molar-refractivity contribution in [2.45, 2.75) is 102 Å². The van der Waals surface area contributed by atoms with Crippen molar-refractivity contribution >= 4 is 64.7 Å². The molecular weight excluding hydrogens is 902 g/mol. The summed E-state index contributed by atoms with van der Waals surface area (Å²) in [5.74, 6) is -3.32. The number of nitrogens with two attached hydrogens (primary N) is 1. The number of fused-ring (bicyclic) bond motifs is 1. The van der Waals surface area contributed by atoms with E-state index < -0.39 is 95.5 Å². The van der Waals surface area contributed by atoms with E-state index >= 15 is 0 Å². The second-order valence-electron chi connectivity index (χ2n) is 16.2. The number of nitrogens with zero attached hydrogens (tertiary/aromatic N) is 1. The molecule has 5 rings (SSSR count). The molecule has 1 aliphatic heterocycles. The van der Waals surface area contributed by atoms with Crippen molar-refractivity contribution in [3.05, 3.63) is 107 Å². The molecular formula is C45H53ClF6N6O6S. The molecule has 6 N–H and O–H groups in total. The molecule has 12 nitrogen and oxygen atoms in total. The number of carbonyl (C=O) groups excluding carboxylic acids is 5. The summed E-state index contributed by atoms with van der Waals surface area (Å²) >= 11 is 1.47. The summed E-state index contributed by atoms with van der Waals surface area (Å²) in [5.41, 5.74) is 4.52. The van der Waals surface area contributed by atoms with Gasteiger partial charge in [-0.05, 0) is 91.0 Å². The molecule has 0 bridgehead atoms. The van der Waals surface area contributed by atoms with Gasteiger partial charge >= 0.3 is 18.3 Å². The number of H-pyrrole nitrogens is 1. The molecule has 2 heterocycles. The Bertz CT molecular complexity index is 2230. The van der Waals surface area contributed by atoms with E-state index in [0.29, 0.717) is 40.8 Å². The zero-order valence-electron chi connectivity index (χ0n) is 35.9. The lowest BCUT2D eigenvalue weighted by molar-refractivity contribution is -0.149. The summed E-state index contributed by atoms with van der Waals surface area (Å²) in [7, 11) is 0. The summed E-state index contributed by atoms with van der Waals surface area (Å²) in [6.45, 7) is 2.80. The number of thioether (sulfide) groups is 1. The number of carbonyl (C=O) groups is 5. The highest BCUT2D eigenvalue weighted by Gasteiger charge is 2.40. The molecule has 65 heavy (non-hydrogen) atoms. The van der Waals surface area contributed by atoms with Crippen molar-refractivity contribution in [2.24, 2.45) is 11.7 Å². The zero-order valence-corrected chi connectivity index (χ0v) is 37.5. The highest BCUT2D eigenvalue weighted by molar-refractivity contribution is 7.98. The van der Waals surface area contributed by atoms with Gasteiger partial charge in [0.2, 0.25) is 23.6 Å². The molecule has 20 heteroatoms. The Morgan fingerprint density at radius 3 is 2.09 bits per heavy atom. The quantitative estimate of drug-likeness (QED) is 0.0508. The molecule has 354 valence electrons. The first kappa shape index (κ1) is 52.4. The van der Waals surface area contributed by atoms with Gasteiger partial charge in [0, 0.05) is 30.1 Å². The number of ether oxygens (including phenoxy) is 1. The molecule has 5 atom stereocenters. The number of alkyl halides is 6. The highest BCUT2D eigenvalue weighted by atomic mass is 35.5. The molecule has 1 aromatic heterocycles. The number of esters is 1. The normalized spacial score (nSPS) is 16.0. The third kappa shape index (κ3) is 14.6. The van der Waals surface area contributed by atoms with Crippen LogP contribution in [0, 0.1) is 5.92 Å². The minimum Gasteiger partial charge on any atom is -0.459 e. The van der Waals surface area contributed by atoms with Gasteiger partial charge in [0.15, 0.2) is 0 Å². The van der Waals surface area contributed by atoms with Crippen LogP contribution in [0.5, 0.6) is 0 Å². The summed E-state index contributed by atoms with van der Waals surface area (Å²) in [4.78, 5) is 73.7. The topological polar surface area (TPSA) is 176 Å². The van der Waals surface area contributed by atoms with Gasteiger partial charge in [-0.25, -0.2) is 4.79 Å². The van der Waals surface area contributed by atoms with Crippen LogP contribution in [0.3, 0.4) is 0 Å². The number of para-hydroxylation sites is 1. The van der Waals surface area contributed by atoms with Crippen LogP contribution in [-0.4, -0.2) is 88.2 Å². The number of aromatic amines is 1. The fourth-order valence-electron chi connectivity index (χ4n) is 7.55. The number of aromatic nitrogens is 1. The van der Waals surface area contributed by atoms with Crippen molar-refractivity contribution in [1.29, 1.82) is 0 Å². The monoisotopic (exact) mass is 954 g/mol. The van der Waals surface area contributed by atoms with E-state index in [9.17, 15) is 50.3 Å². The van der Waals surface area contributed by atoms with E-state index in [0.717, 1.165) is 5.56 Å². The van der Waals surface area contributed by atoms with Crippen LogP contribution in [0.2, 0.25) is 0 Å². The fourth-order valence-corrected chi connectivity index (χ4v) is 8.02. The molecule has 0 spiro atoms. The van der Waals surface area contributed by atoms with Gasteiger partial charge in [0.25, 0.3) is 0 Å². The first-order valence-electron chi connectivity index (χ1n) is 20.7. The molecule has 0 saturated carbocycles. The van der Waals surface area contributed by atoms with Crippen molar-refractivity contribution in [2.75, 3.05) is 18.6 Å². The van der Waals surface area contributed by atoms with E-state index in [1.165, 1.54) is 16.7 Å². The van der Waals surface area contributed by atoms with Gasteiger partial charge in [0.1, 0.15) is 30.8 Å². The number of hydrogen-bond donors (Lipinski definition) is 5. The Balaban J connectivity index is 0.00000925. The standard InChI is InChI=1S/C45H52F6N6O6S.ClH/c1-26(2)18-36(55-41(60)38-14-9-16-57(38)42(61)35(15-17-64-3)54-39(58)33(52)21-27-10-5-4-6-11-27)40(59)56-37(22-29-24-53-34-13-8-7-12-32(29)34)43(62)63-25-28-19-30(44(46,47)48)23-31(20-28)45(49,50)51;/h4-8,10-13,19-20,23-24,26,33,35-38,53H,9,14-18,21-22,25,52H2,1-3H3,(H,54,58)(H,55,60)(H,56,59);1H/t33-,35-,36-,37-,38-;/m0./s1. The Hall–Kier alpha value is -5.27. The predicted molar refractivity (Wildman–Crippen MR) is 237 cm³/mol. The number of hydrogen-bond acceptors (Lipinski definition) is 8. The van der Waals surface area contributed by atoms with E-state index in [-0.39, 0.29) is 63.0 Å². The second-order valence-corrected chi connectivity index (χ2v) is 17.2. The SMILES string of the molecule is CSCC[C@H](NC(=O)[C@@H](N)Cc1ccccc1)C(=O)N1CCC[C@H]1C(=O)N[C@@H](CC(C)C)C(=O)N[C@@H](Cc1c[nH]c2ccccc12)C(=O)OCc1cc(C(F)(F)F)cc(C(F)(F)F)c1.Cl. The maximum Gasteiger partial charge on any atom is 0.416 e. The average molecular weight is 955 g/mol.